The minimum atomic E-state index is -4.93. The first-order valence-electron chi connectivity index (χ1n) is 12.0. The van der Waals surface area contributed by atoms with Crippen LogP contribution in [0.3, 0.4) is 0 Å². The Morgan fingerprint density at radius 2 is 1.24 bits per heavy atom. The Morgan fingerprint density at radius 3 is 1.71 bits per heavy atom. The number of carbonyl (C=O) groups excluding carboxylic acids is 4. The van der Waals surface area contributed by atoms with Gasteiger partial charge in [-0.3, -0.25) is 19.2 Å². The molecular weight excluding hydrogens is 605 g/mol. The van der Waals surface area contributed by atoms with Crippen molar-refractivity contribution in [3.05, 3.63) is 64.2 Å². The average molecular weight is 627 g/mol. The number of rotatable bonds is 6. The molecule has 0 spiro atoms. The summed E-state index contributed by atoms with van der Waals surface area (Å²) in [7, 11) is 0. The molecule has 0 saturated heterocycles. The summed E-state index contributed by atoms with van der Waals surface area (Å²) < 4.78 is 78.5. The number of benzene rings is 2. The summed E-state index contributed by atoms with van der Waals surface area (Å²) >= 11 is 10.8. The smallest absolute Gasteiger partial charge is 0.426 e. The number of carbonyl (C=O) groups is 4. The first-order valence-corrected chi connectivity index (χ1v) is 13.1. The number of amides is 2. The van der Waals surface area contributed by atoms with Crippen molar-refractivity contribution in [2.75, 3.05) is 11.8 Å². The number of aryl methyl sites for hydroxylation is 2. The van der Waals surface area contributed by atoms with E-state index in [0.29, 0.717) is 42.4 Å². The molecule has 0 heterocycles. The number of esters is 1. The normalized spacial score (nSPS) is 17.5. The van der Waals surface area contributed by atoms with E-state index in [1.165, 1.54) is 18.2 Å². The van der Waals surface area contributed by atoms with Crippen molar-refractivity contribution in [2.24, 2.45) is 0 Å². The third kappa shape index (κ3) is 8.35. The quantitative estimate of drug-likeness (QED) is 0.150. The highest BCUT2D eigenvalue weighted by atomic mass is 35.5. The van der Waals surface area contributed by atoms with Crippen molar-refractivity contribution in [3.63, 3.8) is 0 Å². The SMILES string of the molecule is O=C(CCl)Oc1ccc2c(c1)[C@H](NC(=O)C(F)(F)F)CC2.O=C(CCl)c1ccc2c(c1)[C@H](NC(=O)C(F)(F)F)CC2. The van der Waals surface area contributed by atoms with Crippen LogP contribution in [0.4, 0.5) is 26.3 Å². The molecule has 2 aliphatic carbocycles. The van der Waals surface area contributed by atoms with E-state index in [0.717, 1.165) is 11.1 Å². The molecule has 0 bridgehead atoms. The third-order valence-electron chi connectivity index (χ3n) is 6.33. The summed E-state index contributed by atoms with van der Waals surface area (Å²) in [5.41, 5.74) is 3.06. The Morgan fingerprint density at radius 1 is 0.756 bits per heavy atom. The van der Waals surface area contributed by atoms with E-state index >= 15 is 0 Å². The van der Waals surface area contributed by atoms with E-state index in [-0.39, 0.29) is 23.3 Å². The van der Waals surface area contributed by atoms with E-state index in [1.807, 2.05) is 10.6 Å². The number of ether oxygens (including phenoxy) is 1. The monoisotopic (exact) mass is 626 g/mol. The molecule has 15 heteroatoms. The van der Waals surface area contributed by atoms with Gasteiger partial charge in [-0.1, -0.05) is 18.2 Å². The lowest BCUT2D eigenvalue weighted by atomic mass is 10.0. The first-order chi connectivity index (χ1) is 19.1. The number of Topliss-reactive ketones (excluding diaryl/α,β-unsaturated/α-hetero) is 1. The van der Waals surface area contributed by atoms with Gasteiger partial charge in [0.1, 0.15) is 11.6 Å². The zero-order valence-corrected chi connectivity index (χ0v) is 22.4. The minimum absolute atomic E-state index is 0.188. The molecule has 0 saturated carbocycles. The highest BCUT2D eigenvalue weighted by Gasteiger charge is 2.41. The van der Waals surface area contributed by atoms with Crippen LogP contribution in [0.25, 0.3) is 0 Å². The van der Waals surface area contributed by atoms with Crippen LogP contribution in [0.1, 0.15) is 57.5 Å². The second kappa shape index (κ2) is 13.1. The summed E-state index contributed by atoms with van der Waals surface area (Å²) in [5.74, 6) is -5.25. The van der Waals surface area contributed by atoms with Crippen molar-refractivity contribution in [3.8, 4) is 5.75 Å². The fraction of sp³-hybridized carbons (Fsp3) is 0.385. The van der Waals surface area contributed by atoms with Gasteiger partial charge < -0.3 is 15.4 Å². The number of halogens is 8. The highest BCUT2D eigenvalue weighted by Crippen LogP contribution is 2.35. The van der Waals surface area contributed by atoms with Crippen LogP contribution in [0.5, 0.6) is 5.75 Å². The van der Waals surface area contributed by atoms with Crippen LogP contribution in [0.15, 0.2) is 36.4 Å². The summed E-state index contributed by atoms with van der Waals surface area (Å²) in [6, 6.07) is 7.98. The second-order valence-electron chi connectivity index (χ2n) is 9.06. The molecule has 7 nitrogen and oxygen atoms in total. The minimum Gasteiger partial charge on any atom is -0.426 e. The Hall–Kier alpha value is -3.32. The maximum atomic E-state index is 12.3. The topological polar surface area (TPSA) is 102 Å². The molecule has 0 radical (unpaired) electrons. The van der Waals surface area contributed by atoms with Crippen LogP contribution in [0, 0.1) is 0 Å². The molecule has 2 aromatic rings. The van der Waals surface area contributed by atoms with Gasteiger partial charge in [0.15, 0.2) is 5.78 Å². The van der Waals surface area contributed by atoms with Crippen LogP contribution >= 0.6 is 23.2 Å². The molecule has 2 aliphatic rings. The van der Waals surface area contributed by atoms with Crippen LogP contribution in [-0.4, -0.2) is 47.7 Å². The Bertz CT molecular complexity index is 1330. The lowest BCUT2D eigenvalue weighted by Gasteiger charge is -2.16. The lowest BCUT2D eigenvalue weighted by molar-refractivity contribution is -0.174. The van der Waals surface area contributed by atoms with E-state index in [4.69, 9.17) is 27.9 Å². The van der Waals surface area contributed by atoms with E-state index in [1.54, 1.807) is 18.2 Å². The van der Waals surface area contributed by atoms with E-state index < -0.39 is 42.2 Å². The Kier molecular flexibility index (Phi) is 10.3. The van der Waals surface area contributed by atoms with E-state index in [9.17, 15) is 45.5 Å². The van der Waals surface area contributed by atoms with Gasteiger partial charge in [-0.05, 0) is 66.1 Å². The fourth-order valence-corrected chi connectivity index (χ4v) is 4.64. The van der Waals surface area contributed by atoms with Crippen LogP contribution < -0.4 is 15.4 Å². The van der Waals surface area contributed by atoms with Crippen molar-refractivity contribution in [2.45, 2.75) is 50.1 Å². The molecule has 4 rings (SSSR count). The Balaban J connectivity index is 0.000000226. The van der Waals surface area contributed by atoms with Gasteiger partial charge in [0.2, 0.25) is 0 Å². The number of alkyl halides is 8. The lowest BCUT2D eigenvalue weighted by Crippen LogP contribution is -2.38. The van der Waals surface area contributed by atoms with Crippen molar-refractivity contribution < 1.29 is 50.3 Å². The van der Waals surface area contributed by atoms with Gasteiger partial charge in [-0.2, -0.15) is 26.3 Å². The van der Waals surface area contributed by atoms with Gasteiger partial charge >= 0.3 is 30.1 Å². The van der Waals surface area contributed by atoms with Gasteiger partial charge in [0.25, 0.3) is 0 Å². The van der Waals surface area contributed by atoms with Crippen molar-refractivity contribution in [1.82, 2.24) is 10.6 Å². The number of hydrogen-bond acceptors (Lipinski definition) is 5. The molecule has 0 aromatic heterocycles. The molecule has 0 unspecified atom stereocenters. The zero-order chi connectivity index (χ0) is 30.5. The first kappa shape index (κ1) is 32.2. The maximum absolute atomic E-state index is 12.3. The molecule has 2 N–H and O–H groups in total. The number of ketones is 1. The van der Waals surface area contributed by atoms with Gasteiger partial charge in [0, 0.05) is 5.56 Å². The zero-order valence-electron chi connectivity index (χ0n) is 20.9. The molecule has 222 valence electrons. The van der Waals surface area contributed by atoms with Gasteiger partial charge in [-0.25, -0.2) is 0 Å². The third-order valence-corrected chi connectivity index (χ3v) is 6.79. The summed E-state index contributed by atoms with van der Waals surface area (Å²) in [6.07, 6.45) is -7.98. The predicted molar refractivity (Wildman–Crippen MR) is 135 cm³/mol. The molecular formula is C26H22Cl2F6N2O5. The summed E-state index contributed by atoms with van der Waals surface area (Å²) in [4.78, 5) is 44.6. The Labute approximate surface area is 239 Å². The van der Waals surface area contributed by atoms with Crippen molar-refractivity contribution in [1.29, 1.82) is 0 Å². The molecule has 0 aliphatic heterocycles. The molecule has 2 aromatic carbocycles. The molecule has 2 amide bonds. The highest BCUT2D eigenvalue weighted by molar-refractivity contribution is 6.30. The largest absolute Gasteiger partial charge is 0.471 e. The fourth-order valence-electron chi connectivity index (χ4n) is 4.44. The van der Waals surface area contributed by atoms with E-state index in [2.05, 4.69) is 0 Å². The van der Waals surface area contributed by atoms with Gasteiger partial charge in [0.05, 0.1) is 18.0 Å². The maximum Gasteiger partial charge on any atom is 0.471 e. The van der Waals surface area contributed by atoms with Crippen molar-refractivity contribution >= 4 is 46.8 Å². The number of hydrogen-bond donors (Lipinski definition) is 2. The van der Waals surface area contributed by atoms with Crippen LogP contribution in [-0.2, 0) is 27.2 Å². The number of nitrogens with one attached hydrogen (secondary N) is 2. The van der Waals surface area contributed by atoms with Crippen LogP contribution in [0.2, 0.25) is 0 Å². The predicted octanol–water partition coefficient (Wildman–Crippen LogP) is 5.27. The standard InChI is InChI=1S/C13H11ClF3NO3.C13H11ClF3NO2/c14-6-11(19)21-8-3-1-7-2-4-10(9(7)5-8)18-12(20)13(15,16)17;14-6-11(19)8-2-1-7-3-4-10(9(7)5-8)18-12(20)13(15,16)17/h1,3,5,10H,2,4,6H2,(H,18,20);1-2,5,10H,3-4,6H2,(H,18,20)/t2*10-/m11/s1. The second-order valence-corrected chi connectivity index (χ2v) is 9.60. The molecule has 0 fully saturated rings. The molecule has 41 heavy (non-hydrogen) atoms. The summed E-state index contributed by atoms with van der Waals surface area (Å²) in [5, 5.41) is 3.89. The van der Waals surface area contributed by atoms with Gasteiger partial charge in [-0.15, -0.1) is 23.2 Å². The average Bonchev–Trinajstić information content (AvgIpc) is 3.50. The number of fused-ring (bicyclic) bond motifs is 2. The molecule has 2 atom stereocenters. The summed E-state index contributed by atoms with van der Waals surface area (Å²) in [6.45, 7) is 0.